The van der Waals surface area contributed by atoms with Crippen LogP contribution in [0.1, 0.15) is 46.5 Å². The maximum atomic E-state index is 11.8. The Bertz CT molecular complexity index is 327. The van der Waals surface area contributed by atoms with Crippen LogP contribution in [0.5, 0.6) is 0 Å². The van der Waals surface area contributed by atoms with Gasteiger partial charge in [-0.25, -0.2) is 4.79 Å². The number of nitrogens with one attached hydrogen (secondary N) is 2. The number of rotatable bonds is 2. The highest BCUT2D eigenvalue weighted by Gasteiger charge is 2.42. The van der Waals surface area contributed by atoms with Crippen LogP contribution in [0, 0.1) is 17.2 Å². The summed E-state index contributed by atoms with van der Waals surface area (Å²) in [6.07, 6.45) is 4.82. The molecule has 4 nitrogen and oxygen atoms in total. The molecular weight excluding hydrogens is 214 g/mol. The van der Waals surface area contributed by atoms with E-state index in [1.54, 1.807) is 0 Å². The van der Waals surface area contributed by atoms with Crippen molar-refractivity contribution < 1.29 is 4.79 Å². The van der Waals surface area contributed by atoms with E-state index in [2.05, 4.69) is 12.2 Å². The average molecular weight is 237 g/mol. The third kappa shape index (κ3) is 2.31. The lowest BCUT2D eigenvalue weighted by molar-refractivity contribution is 0.146. The molecule has 0 spiro atoms. The highest BCUT2D eigenvalue weighted by Crippen LogP contribution is 2.34. The summed E-state index contributed by atoms with van der Waals surface area (Å²) < 4.78 is 0. The second kappa shape index (κ2) is 4.67. The minimum atomic E-state index is -0.0896. The van der Waals surface area contributed by atoms with Crippen LogP contribution in [0.25, 0.3) is 0 Å². The molecule has 1 saturated carbocycles. The lowest BCUT2D eigenvalue weighted by Crippen LogP contribution is -2.45. The molecule has 1 aliphatic heterocycles. The zero-order valence-electron chi connectivity index (χ0n) is 11.0. The molecule has 2 N–H and O–H groups in total. The second-order valence-corrected chi connectivity index (χ2v) is 5.82. The molecule has 1 aliphatic carbocycles. The molecule has 1 saturated heterocycles. The minimum absolute atomic E-state index is 0.00903. The highest BCUT2D eigenvalue weighted by molar-refractivity contribution is 6.05. The Kier molecular flexibility index (Phi) is 3.40. The van der Waals surface area contributed by atoms with Crippen LogP contribution in [0.2, 0.25) is 0 Å². The van der Waals surface area contributed by atoms with Crippen LogP contribution < -0.4 is 5.32 Å². The van der Waals surface area contributed by atoms with E-state index < -0.39 is 0 Å². The first kappa shape index (κ1) is 12.4. The van der Waals surface area contributed by atoms with Crippen LogP contribution in [-0.2, 0) is 0 Å². The van der Waals surface area contributed by atoms with Crippen molar-refractivity contribution in [2.75, 3.05) is 0 Å². The maximum Gasteiger partial charge on any atom is 0.323 e. The fraction of sp³-hybridized carbons (Fsp3) is 0.846. The summed E-state index contributed by atoms with van der Waals surface area (Å²) in [5, 5.41) is 10.7. The fourth-order valence-electron chi connectivity index (χ4n) is 3.31. The van der Waals surface area contributed by atoms with Crippen LogP contribution in [0.15, 0.2) is 0 Å². The standard InChI is InChI=1S/C13H23N3O/c1-8(2)16-11(12(14)15-13(16)17)10-6-4-5-9(3)7-10/h8-11H,4-7H2,1-3H3,(H2,14,15,17). The van der Waals surface area contributed by atoms with Gasteiger partial charge in [0.1, 0.15) is 5.84 Å². The summed E-state index contributed by atoms with van der Waals surface area (Å²) in [6, 6.07) is 0.0681. The highest BCUT2D eigenvalue weighted by atomic mass is 16.2. The van der Waals surface area contributed by atoms with E-state index in [9.17, 15) is 4.79 Å². The van der Waals surface area contributed by atoms with Crippen LogP contribution in [-0.4, -0.2) is 28.9 Å². The molecule has 2 rings (SSSR count). The second-order valence-electron chi connectivity index (χ2n) is 5.82. The van der Waals surface area contributed by atoms with Crippen molar-refractivity contribution in [1.29, 1.82) is 5.41 Å². The number of hydrogen-bond donors (Lipinski definition) is 2. The number of nitrogens with zero attached hydrogens (tertiary/aromatic N) is 1. The molecule has 0 bridgehead atoms. The Hall–Kier alpha value is -1.06. The van der Waals surface area contributed by atoms with Crippen LogP contribution >= 0.6 is 0 Å². The SMILES string of the molecule is CC1CCCC(C2C(=N)NC(=O)N2C(C)C)C1. The molecule has 2 amide bonds. The summed E-state index contributed by atoms with van der Waals surface area (Å²) in [4.78, 5) is 13.7. The lowest BCUT2D eigenvalue weighted by Gasteiger charge is -2.36. The third-order valence-electron chi connectivity index (χ3n) is 4.05. The van der Waals surface area contributed by atoms with E-state index in [4.69, 9.17) is 5.41 Å². The quantitative estimate of drug-likeness (QED) is 0.762. The summed E-state index contributed by atoms with van der Waals surface area (Å²) in [7, 11) is 0. The molecule has 4 heteroatoms. The smallest absolute Gasteiger partial charge is 0.312 e. The van der Waals surface area contributed by atoms with Crippen LogP contribution in [0.3, 0.4) is 0 Å². The summed E-state index contributed by atoms with van der Waals surface area (Å²) >= 11 is 0. The zero-order valence-corrected chi connectivity index (χ0v) is 11.0. The Labute approximate surface area is 103 Å². The maximum absolute atomic E-state index is 11.8. The van der Waals surface area contributed by atoms with Gasteiger partial charge < -0.3 is 4.90 Å². The van der Waals surface area contributed by atoms with Gasteiger partial charge in [-0.15, -0.1) is 0 Å². The molecule has 2 aliphatic rings. The Morgan fingerprint density at radius 3 is 2.71 bits per heavy atom. The third-order valence-corrected chi connectivity index (χ3v) is 4.05. The van der Waals surface area contributed by atoms with Crippen molar-refractivity contribution in [1.82, 2.24) is 10.2 Å². The Balaban J connectivity index is 2.16. The van der Waals surface area contributed by atoms with E-state index in [1.807, 2.05) is 18.7 Å². The molecule has 3 unspecified atom stereocenters. The summed E-state index contributed by atoms with van der Waals surface area (Å²) in [6.45, 7) is 6.33. The molecule has 0 aromatic rings. The van der Waals surface area contributed by atoms with Crippen molar-refractivity contribution in [2.45, 2.75) is 58.5 Å². The molecule has 3 atom stereocenters. The average Bonchev–Trinajstić information content (AvgIpc) is 2.53. The number of urea groups is 1. The van der Waals surface area contributed by atoms with E-state index >= 15 is 0 Å². The van der Waals surface area contributed by atoms with E-state index in [-0.39, 0.29) is 18.1 Å². The van der Waals surface area contributed by atoms with E-state index in [1.165, 1.54) is 12.8 Å². The Morgan fingerprint density at radius 1 is 1.41 bits per heavy atom. The van der Waals surface area contributed by atoms with Gasteiger partial charge in [0.05, 0.1) is 6.04 Å². The fourth-order valence-corrected chi connectivity index (χ4v) is 3.31. The first-order chi connectivity index (χ1) is 8.00. The van der Waals surface area contributed by atoms with Crippen molar-refractivity contribution in [3.05, 3.63) is 0 Å². The normalized spacial score (nSPS) is 34.4. The topological polar surface area (TPSA) is 56.2 Å². The zero-order chi connectivity index (χ0) is 12.6. The first-order valence-corrected chi connectivity index (χ1v) is 6.68. The minimum Gasteiger partial charge on any atom is -0.312 e. The first-order valence-electron chi connectivity index (χ1n) is 6.68. The van der Waals surface area contributed by atoms with Gasteiger partial charge in [0.15, 0.2) is 0 Å². The summed E-state index contributed by atoms with van der Waals surface area (Å²) in [5.74, 6) is 1.60. The van der Waals surface area contributed by atoms with E-state index in [0.29, 0.717) is 11.8 Å². The largest absolute Gasteiger partial charge is 0.323 e. The predicted molar refractivity (Wildman–Crippen MR) is 68.1 cm³/mol. The van der Waals surface area contributed by atoms with Gasteiger partial charge in [0, 0.05) is 6.04 Å². The number of carbonyl (C=O) groups excluding carboxylic acids is 1. The van der Waals surface area contributed by atoms with Crippen molar-refractivity contribution in [3.63, 3.8) is 0 Å². The Morgan fingerprint density at radius 2 is 2.12 bits per heavy atom. The molecule has 0 aromatic carbocycles. The predicted octanol–water partition coefficient (Wildman–Crippen LogP) is 2.59. The monoisotopic (exact) mass is 237 g/mol. The molecular formula is C13H23N3O. The van der Waals surface area contributed by atoms with Crippen molar-refractivity contribution in [2.24, 2.45) is 11.8 Å². The summed E-state index contributed by atoms with van der Waals surface area (Å²) in [5.41, 5.74) is 0. The van der Waals surface area contributed by atoms with Crippen LogP contribution in [0.4, 0.5) is 4.79 Å². The van der Waals surface area contributed by atoms with Gasteiger partial charge in [0.25, 0.3) is 0 Å². The molecule has 0 aromatic heterocycles. The van der Waals surface area contributed by atoms with Gasteiger partial charge in [-0.3, -0.25) is 10.7 Å². The number of hydrogen-bond acceptors (Lipinski definition) is 2. The molecule has 1 heterocycles. The number of amides is 2. The number of amidine groups is 1. The number of carbonyl (C=O) groups is 1. The van der Waals surface area contributed by atoms with Gasteiger partial charge in [-0.2, -0.15) is 0 Å². The lowest BCUT2D eigenvalue weighted by atomic mass is 9.78. The van der Waals surface area contributed by atoms with Gasteiger partial charge >= 0.3 is 6.03 Å². The molecule has 17 heavy (non-hydrogen) atoms. The van der Waals surface area contributed by atoms with E-state index in [0.717, 1.165) is 18.8 Å². The van der Waals surface area contributed by atoms with Crippen molar-refractivity contribution >= 4 is 11.9 Å². The van der Waals surface area contributed by atoms with Gasteiger partial charge in [-0.1, -0.05) is 19.8 Å². The van der Waals surface area contributed by atoms with Gasteiger partial charge in [-0.05, 0) is 38.5 Å². The van der Waals surface area contributed by atoms with Crippen molar-refractivity contribution in [3.8, 4) is 0 Å². The molecule has 96 valence electrons. The molecule has 2 fully saturated rings. The van der Waals surface area contributed by atoms with Gasteiger partial charge in [0.2, 0.25) is 0 Å². The molecule has 0 radical (unpaired) electrons.